The predicted octanol–water partition coefficient (Wildman–Crippen LogP) is 9.88. The van der Waals surface area contributed by atoms with E-state index in [9.17, 15) is 9.59 Å². The van der Waals surface area contributed by atoms with Crippen LogP contribution in [0.4, 0.5) is 4.79 Å². The molecule has 0 bridgehead atoms. The fraction of sp³-hybridized carbons (Fsp3) is 0.895. The molecule has 3 saturated carbocycles. The van der Waals surface area contributed by atoms with Crippen molar-refractivity contribution in [2.45, 2.75) is 164 Å². The lowest BCUT2D eigenvalue weighted by Crippen LogP contribution is -2.51. The summed E-state index contributed by atoms with van der Waals surface area (Å²) in [6.45, 7) is 22.1. The highest BCUT2D eigenvalue weighted by Crippen LogP contribution is 2.67. The number of hydrogen-bond donors (Lipinski definition) is 1. The molecule has 0 aromatic carbocycles. The number of alkyl carbamates (subject to hydrolysis) is 1. The van der Waals surface area contributed by atoms with Crippen molar-refractivity contribution in [1.29, 1.82) is 0 Å². The zero-order valence-electron chi connectivity index (χ0n) is 29.4. The SMILES string of the molecule is CC(C)CCC[C@@H](C)[C@H]1CC[C@H]2[C@@H]3CC=C4C[C@@H](OC(=O)[C@@H](CC(C)C)NC(=O)OC(C)(C)C)CC[C@]4(C)[C@H]3CC[C@]12C. The number of hydrogen-bond acceptors (Lipinski definition) is 4. The van der Waals surface area contributed by atoms with Crippen LogP contribution in [-0.2, 0) is 14.3 Å². The van der Waals surface area contributed by atoms with E-state index in [-0.39, 0.29) is 23.4 Å². The van der Waals surface area contributed by atoms with Crippen LogP contribution in [0.1, 0.15) is 146 Å². The van der Waals surface area contributed by atoms with Crippen LogP contribution in [0.25, 0.3) is 0 Å². The first-order valence-electron chi connectivity index (χ1n) is 17.9. The molecule has 0 aromatic heterocycles. The van der Waals surface area contributed by atoms with Gasteiger partial charge in [-0.3, -0.25) is 0 Å². The molecule has 3 fully saturated rings. The maximum atomic E-state index is 13.3. The van der Waals surface area contributed by atoms with Crippen LogP contribution >= 0.6 is 0 Å². The van der Waals surface area contributed by atoms with Crippen molar-refractivity contribution in [2.75, 3.05) is 0 Å². The van der Waals surface area contributed by atoms with Crippen LogP contribution in [0.15, 0.2) is 11.6 Å². The molecule has 4 aliphatic carbocycles. The fourth-order valence-electron chi connectivity index (χ4n) is 10.1. The van der Waals surface area contributed by atoms with E-state index >= 15 is 0 Å². The predicted molar refractivity (Wildman–Crippen MR) is 176 cm³/mol. The fourth-order valence-corrected chi connectivity index (χ4v) is 10.1. The highest BCUT2D eigenvalue weighted by molar-refractivity contribution is 5.81. The van der Waals surface area contributed by atoms with Gasteiger partial charge in [-0.15, -0.1) is 0 Å². The number of esters is 1. The third-order valence-electron chi connectivity index (χ3n) is 12.2. The third kappa shape index (κ3) is 7.83. The maximum absolute atomic E-state index is 13.3. The van der Waals surface area contributed by atoms with Crippen LogP contribution in [0.2, 0.25) is 0 Å². The molecule has 43 heavy (non-hydrogen) atoms. The van der Waals surface area contributed by atoms with Gasteiger partial charge in [0.2, 0.25) is 0 Å². The van der Waals surface area contributed by atoms with Gasteiger partial charge in [-0.1, -0.05) is 79.4 Å². The summed E-state index contributed by atoms with van der Waals surface area (Å²) in [5, 5.41) is 2.80. The molecular formula is C38H65NO4. The minimum absolute atomic E-state index is 0.116. The van der Waals surface area contributed by atoms with Crippen molar-refractivity contribution in [3.05, 3.63) is 11.6 Å². The normalized spacial score (nSPS) is 35.3. The van der Waals surface area contributed by atoms with E-state index in [1.54, 1.807) is 0 Å². The first kappa shape index (κ1) is 34.4. The Kier molecular flexibility index (Phi) is 10.7. The zero-order valence-corrected chi connectivity index (χ0v) is 29.4. The number of nitrogens with one attached hydrogen (secondary N) is 1. The second-order valence-electron chi connectivity index (χ2n) is 17.4. The zero-order chi connectivity index (χ0) is 31.7. The first-order valence-corrected chi connectivity index (χ1v) is 17.9. The van der Waals surface area contributed by atoms with E-state index in [4.69, 9.17) is 9.47 Å². The number of rotatable bonds is 10. The molecule has 4 rings (SSSR count). The van der Waals surface area contributed by atoms with E-state index in [2.05, 4.69) is 59.9 Å². The summed E-state index contributed by atoms with van der Waals surface area (Å²) < 4.78 is 11.6. The van der Waals surface area contributed by atoms with Crippen LogP contribution in [0.5, 0.6) is 0 Å². The number of amides is 1. The number of carbonyl (C=O) groups is 2. The molecule has 0 aromatic rings. The lowest BCUT2D eigenvalue weighted by Gasteiger charge is -2.58. The largest absolute Gasteiger partial charge is 0.461 e. The Morgan fingerprint density at radius 3 is 2.33 bits per heavy atom. The Morgan fingerprint density at radius 1 is 0.953 bits per heavy atom. The lowest BCUT2D eigenvalue weighted by molar-refractivity contribution is -0.154. The summed E-state index contributed by atoms with van der Waals surface area (Å²) in [6, 6.07) is -0.688. The van der Waals surface area contributed by atoms with Gasteiger partial charge in [0.05, 0.1) is 0 Å². The molecule has 0 unspecified atom stereocenters. The van der Waals surface area contributed by atoms with Crippen LogP contribution < -0.4 is 5.32 Å². The Hall–Kier alpha value is -1.52. The second kappa shape index (κ2) is 13.5. The van der Waals surface area contributed by atoms with Gasteiger partial charge in [0.15, 0.2) is 0 Å². The van der Waals surface area contributed by atoms with E-state index in [0.717, 1.165) is 54.8 Å². The number of ether oxygens (including phenoxy) is 2. The number of fused-ring (bicyclic) bond motifs is 5. The third-order valence-corrected chi connectivity index (χ3v) is 12.2. The molecule has 5 heteroatoms. The Labute approximate surface area is 264 Å². The van der Waals surface area contributed by atoms with Crippen molar-refractivity contribution < 1.29 is 19.1 Å². The molecular weight excluding hydrogens is 534 g/mol. The second-order valence-corrected chi connectivity index (χ2v) is 17.4. The summed E-state index contributed by atoms with van der Waals surface area (Å²) in [4.78, 5) is 25.8. The van der Waals surface area contributed by atoms with Crippen molar-refractivity contribution in [2.24, 2.45) is 52.3 Å². The first-order chi connectivity index (χ1) is 20.0. The summed E-state index contributed by atoms with van der Waals surface area (Å²) >= 11 is 0. The molecule has 5 nitrogen and oxygen atoms in total. The van der Waals surface area contributed by atoms with Crippen molar-refractivity contribution >= 4 is 12.1 Å². The van der Waals surface area contributed by atoms with Crippen LogP contribution in [0, 0.1) is 52.3 Å². The van der Waals surface area contributed by atoms with Crippen LogP contribution in [-0.4, -0.2) is 29.8 Å². The van der Waals surface area contributed by atoms with Crippen LogP contribution in [0.3, 0.4) is 0 Å². The molecule has 0 radical (unpaired) electrons. The molecule has 9 atom stereocenters. The molecule has 0 heterocycles. The van der Waals surface area contributed by atoms with Gasteiger partial charge in [0.1, 0.15) is 17.7 Å². The van der Waals surface area contributed by atoms with Crippen molar-refractivity contribution in [1.82, 2.24) is 5.32 Å². The van der Waals surface area contributed by atoms with Gasteiger partial charge >= 0.3 is 12.1 Å². The van der Waals surface area contributed by atoms with Crippen molar-refractivity contribution in [3.63, 3.8) is 0 Å². The lowest BCUT2D eigenvalue weighted by atomic mass is 9.47. The minimum Gasteiger partial charge on any atom is -0.461 e. The van der Waals surface area contributed by atoms with Gasteiger partial charge in [-0.2, -0.15) is 0 Å². The van der Waals surface area contributed by atoms with Crippen molar-refractivity contribution in [3.8, 4) is 0 Å². The van der Waals surface area contributed by atoms with E-state index in [1.807, 2.05) is 20.8 Å². The summed E-state index contributed by atoms with van der Waals surface area (Å²) in [6.07, 6.45) is 16.2. The molecule has 4 aliphatic rings. The van der Waals surface area contributed by atoms with Gasteiger partial charge in [0.25, 0.3) is 0 Å². The van der Waals surface area contributed by atoms with Gasteiger partial charge < -0.3 is 14.8 Å². The average Bonchev–Trinajstić information content (AvgIpc) is 3.24. The monoisotopic (exact) mass is 599 g/mol. The molecule has 1 amide bonds. The minimum atomic E-state index is -0.688. The Balaban J connectivity index is 1.39. The molecule has 0 spiro atoms. The highest BCUT2D eigenvalue weighted by Gasteiger charge is 2.59. The van der Waals surface area contributed by atoms with E-state index in [0.29, 0.717) is 11.8 Å². The number of carbonyl (C=O) groups excluding carboxylic acids is 2. The Morgan fingerprint density at radius 2 is 1.67 bits per heavy atom. The summed E-state index contributed by atoms with van der Waals surface area (Å²) in [7, 11) is 0. The van der Waals surface area contributed by atoms with E-state index in [1.165, 1.54) is 56.9 Å². The van der Waals surface area contributed by atoms with Gasteiger partial charge in [-0.05, 0) is 124 Å². The Bertz CT molecular complexity index is 1010. The standard InChI is InChI=1S/C38H65NO4/c1-24(2)12-11-13-26(5)30-16-17-31-29-15-14-27-23-28(18-20-37(27,9)32(29)19-21-38(30,31)10)42-34(40)33(22-25(3)4)39-35(41)43-36(6,7)8/h14,24-26,28-33H,11-13,15-23H2,1-10H3,(H,39,41)/t26-,28+,29+,30-,31+,32+,33-,37+,38-/m1/s1. The topological polar surface area (TPSA) is 64.6 Å². The maximum Gasteiger partial charge on any atom is 0.408 e. The molecule has 246 valence electrons. The molecule has 0 saturated heterocycles. The quantitative estimate of drug-likeness (QED) is 0.200. The molecule has 0 aliphatic heterocycles. The summed E-state index contributed by atoms with van der Waals surface area (Å²) in [5.41, 5.74) is 1.63. The molecule has 1 N–H and O–H groups in total. The smallest absolute Gasteiger partial charge is 0.408 e. The van der Waals surface area contributed by atoms with Gasteiger partial charge in [0, 0.05) is 6.42 Å². The summed E-state index contributed by atoms with van der Waals surface area (Å²) in [5.74, 6) is 4.85. The number of allylic oxidation sites excluding steroid dienone is 1. The average molecular weight is 600 g/mol. The van der Waals surface area contributed by atoms with Gasteiger partial charge in [-0.25, -0.2) is 9.59 Å². The highest BCUT2D eigenvalue weighted by atomic mass is 16.6. The van der Waals surface area contributed by atoms with E-state index < -0.39 is 17.7 Å².